The Labute approximate surface area is 139 Å². The Morgan fingerprint density at radius 1 is 1.26 bits per heavy atom. The van der Waals surface area contributed by atoms with Gasteiger partial charge >= 0.3 is 5.97 Å². The molecule has 0 radical (unpaired) electrons. The molecule has 1 saturated carbocycles. The number of amides is 1. The van der Waals surface area contributed by atoms with Crippen LogP contribution in [0.4, 0.5) is 0 Å². The Kier molecular flexibility index (Phi) is 3.22. The molecule has 6 heteroatoms. The Bertz CT molecular complexity index is 671. The van der Waals surface area contributed by atoms with E-state index in [0.29, 0.717) is 31.2 Å². The van der Waals surface area contributed by atoms with Crippen molar-refractivity contribution >= 4 is 23.5 Å². The third-order valence-corrected chi connectivity index (χ3v) is 6.05. The SMILES string of the molecule is O=C(N1C[C@H]2CNC[C@@]2(C(=O)O)C1)C1(c2ccc(Cl)cc2)CC1. The van der Waals surface area contributed by atoms with E-state index in [1.165, 1.54) is 0 Å². The second-order valence-electron chi connectivity index (χ2n) is 7.06. The zero-order chi connectivity index (χ0) is 16.2. The fraction of sp³-hybridized carbons (Fsp3) is 0.529. The molecule has 0 aromatic heterocycles. The van der Waals surface area contributed by atoms with Gasteiger partial charge < -0.3 is 15.3 Å². The molecule has 0 spiro atoms. The first-order valence-electron chi connectivity index (χ1n) is 7.97. The maximum absolute atomic E-state index is 13.1. The Balaban J connectivity index is 1.59. The lowest BCUT2D eigenvalue weighted by Gasteiger charge is -2.26. The molecular weight excluding hydrogens is 316 g/mol. The lowest BCUT2D eigenvalue weighted by atomic mass is 9.81. The number of carbonyl (C=O) groups excluding carboxylic acids is 1. The smallest absolute Gasteiger partial charge is 0.313 e. The Hall–Kier alpha value is -1.59. The van der Waals surface area contributed by atoms with Crippen LogP contribution in [0, 0.1) is 11.3 Å². The van der Waals surface area contributed by atoms with Crippen molar-refractivity contribution in [3.8, 4) is 0 Å². The van der Waals surface area contributed by atoms with Gasteiger partial charge in [-0.3, -0.25) is 9.59 Å². The van der Waals surface area contributed by atoms with Crippen LogP contribution < -0.4 is 5.32 Å². The number of nitrogens with one attached hydrogen (secondary N) is 1. The number of carboxylic acids is 1. The summed E-state index contributed by atoms with van der Waals surface area (Å²) in [7, 11) is 0. The summed E-state index contributed by atoms with van der Waals surface area (Å²) in [5.74, 6) is -0.709. The summed E-state index contributed by atoms with van der Waals surface area (Å²) in [5, 5.41) is 13.5. The fourth-order valence-corrected chi connectivity index (χ4v) is 4.33. The largest absolute Gasteiger partial charge is 0.481 e. The first kappa shape index (κ1) is 15.0. The van der Waals surface area contributed by atoms with Crippen LogP contribution in [0.5, 0.6) is 0 Å². The summed E-state index contributed by atoms with van der Waals surface area (Å²) in [5.41, 5.74) is -0.284. The van der Waals surface area contributed by atoms with Crippen molar-refractivity contribution in [2.45, 2.75) is 18.3 Å². The van der Waals surface area contributed by atoms with Crippen LogP contribution in [0.3, 0.4) is 0 Å². The van der Waals surface area contributed by atoms with Gasteiger partial charge in [0.05, 0.1) is 5.41 Å². The number of nitrogens with zero attached hydrogens (tertiary/aromatic N) is 1. The first-order valence-corrected chi connectivity index (χ1v) is 8.35. The molecule has 1 amide bonds. The number of benzene rings is 1. The molecule has 0 bridgehead atoms. The average molecular weight is 335 g/mol. The molecular formula is C17H19ClN2O3. The van der Waals surface area contributed by atoms with Crippen molar-refractivity contribution in [3.05, 3.63) is 34.9 Å². The number of rotatable bonds is 3. The predicted octanol–water partition coefficient (Wildman–Crippen LogP) is 1.50. The van der Waals surface area contributed by atoms with Gasteiger partial charge in [-0.2, -0.15) is 0 Å². The van der Waals surface area contributed by atoms with Gasteiger partial charge in [-0.15, -0.1) is 0 Å². The second kappa shape index (κ2) is 4.95. The quantitative estimate of drug-likeness (QED) is 0.879. The highest BCUT2D eigenvalue weighted by atomic mass is 35.5. The fourth-order valence-electron chi connectivity index (χ4n) is 4.20. The molecule has 23 heavy (non-hydrogen) atoms. The number of carboxylic acid groups (broad SMARTS) is 1. The molecule has 2 aliphatic heterocycles. The molecule has 3 fully saturated rings. The molecule has 5 nitrogen and oxygen atoms in total. The summed E-state index contributed by atoms with van der Waals surface area (Å²) in [6, 6.07) is 7.45. The van der Waals surface area contributed by atoms with Gasteiger partial charge in [-0.05, 0) is 30.5 Å². The van der Waals surface area contributed by atoms with E-state index in [9.17, 15) is 14.7 Å². The minimum Gasteiger partial charge on any atom is -0.481 e. The number of hydrogen-bond donors (Lipinski definition) is 2. The molecule has 2 heterocycles. The number of fused-ring (bicyclic) bond motifs is 1. The molecule has 2 saturated heterocycles. The number of aliphatic carboxylic acids is 1. The maximum atomic E-state index is 13.1. The highest BCUT2D eigenvalue weighted by molar-refractivity contribution is 6.30. The van der Waals surface area contributed by atoms with Crippen molar-refractivity contribution in [1.82, 2.24) is 10.2 Å². The van der Waals surface area contributed by atoms with Gasteiger partial charge in [0.25, 0.3) is 0 Å². The number of carbonyl (C=O) groups is 2. The number of hydrogen-bond acceptors (Lipinski definition) is 3. The van der Waals surface area contributed by atoms with Crippen LogP contribution in [-0.2, 0) is 15.0 Å². The van der Waals surface area contributed by atoms with Crippen LogP contribution in [0.2, 0.25) is 5.02 Å². The summed E-state index contributed by atoms with van der Waals surface area (Å²) in [4.78, 5) is 26.6. The van der Waals surface area contributed by atoms with Crippen molar-refractivity contribution in [2.75, 3.05) is 26.2 Å². The van der Waals surface area contributed by atoms with E-state index in [-0.39, 0.29) is 11.8 Å². The summed E-state index contributed by atoms with van der Waals surface area (Å²) in [6.45, 7) is 1.97. The highest BCUT2D eigenvalue weighted by Crippen LogP contribution is 2.51. The topological polar surface area (TPSA) is 69.6 Å². The summed E-state index contributed by atoms with van der Waals surface area (Å²) < 4.78 is 0. The zero-order valence-corrected chi connectivity index (χ0v) is 13.5. The third-order valence-electron chi connectivity index (χ3n) is 5.80. The van der Waals surface area contributed by atoms with Crippen molar-refractivity contribution < 1.29 is 14.7 Å². The molecule has 4 rings (SSSR count). The monoisotopic (exact) mass is 334 g/mol. The molecule has 1 aromatic carbocycles. The Morgan fingerprint density at radius 2 is 1.96 bits per heavy atom. The first-order chi connectivity index (χ1) is 11.0. The van der Waals surface area contributed by atoms with Crippen LogP contribution in [0.1, 0.15) is 18.4 Å². The Morgan fingerprint density at radius 3 is 2.52 bits per heavy atom. The lowest BCUT2D eigenvalue weighted by Crippen LogP contribution is -2.43. The van der Waals surface area contributed by atoms with Crippen molar-refractivity contribution in [3.63, 3.8) is 0 Å². The van der Waals surface area contributed by atoms with Gasteiger partial charge in [0, 0.05) is 37.1 Å². The number of likely N-dealkylation sites (tertiary alicyclic amines) is 1. The van der Waals surface area contributed by atoms with E-state index in [2.05, 4.69) is 5.32 Å². The molecule has 122 valence electrons. The molecule has 2 N–H and O–H groups in total. The van der Waals surface area contributed by atoms with Gasteiger partial charge in [-0.1, -0.05) is 23.7 Å². The van der Waals surface area contributed by atoms with E-state index < -0.39 is 16.8 Å². The number of halogens is 1. The molecule has 1 aliphatic carbocycles. The van der Waals surface area contributed by atoms with E-state index in [1.807, 2.05) is 24.3 Å². The summed E-state index contributed by atoms with van der Waals surface area (Å²) in [6.07, 6.45) is 1.65. The standard InChI is InChI=1S/C17H19ClN2O3/c18-13-3-1-11(2-4-13)16(5-6-16)14(21)20-8-12-7-19-9-17(12,10-20)15(22)23/h1-4,12,19H,5-10H2,(H,22,23)/t12-,17-/m1/s1. The third kappa shape index (κ3) is 2.10. The molecule has 1 aromatic rings. The lowest BCUT2D eigenvalue weighted by molar-refractivity contribution is -0.148. The molecule has 0 unspecified atom stereocenters. The second-order valence-corrected chi connectivity index (χ2v) is 7.50. The van der Waals surface area contributed by atoms with Gasteiger partial charge in [0.2, 0.25) is 5.91 Å². The van der Waals surface area contributed by atoms with E-state index in [0.717, 1.165) is 18.4 Å². The van der Waals surface area contributed by atoms with Gasteiger partial charge in [0.1, 0.15) is 5.41 Å². The van der Waals surface area contributed by atoms with Crippen molar-refractivity contribution in [2.24, 2.45) is 11.3 Å². The average Bonchev–Trinajstić information content (AvgIpc) is 3.09. The van der Waals surface area contributed by atoms with Crippen LogP contribution in [0.25, 0.3) is 0 Å². The van der Waals surface area contributed by atoms with Gasteiger partial charge in [-0.25, -0.2) is 0 Å². The van der Waals surface area contributed by atoms with Crippen LogP contribution in [0.15, 0.2) is 24.3 Å². The van der Waals surface area contributed by atoms with E-state index >= 15 is 0 Å². The summed E-state index contributed by atoms with van der Waals surface area (Å²) >= 11 is 5.94. The van der Waals surface area contributed by atoms with Crippen molar-refractivity contribution in [1.29, 1.82) is 0 Å². The highest BCUT2D eigenvalue weighted by Gasteiger charge is 2.60. The zero-order valence-electron chi connectivity index (χ0n) is 12.7. The van der Waals surface area contributed by atoms with Crippen LogP contribution in [-0.4, -0.2) is 48.1 Å². The molecule has 2 atom stereocenters. The van der Waals surface area contributed by atoms with Gasteiger partial charge in [0.15, 0.2) is 0 Å². The normalized spacial score (nSPS) is 31.0. The van der Waals surface area contributed by atoms with Crippen LogP contribution >= 0.6 is 11.6 Å². The minimum atomic E-state index is -0.814. The minimum absolute atomic E-state index is 0.00460. The predicted molar refractivity (Wildman–Crippen MR) is 85.4 cm³/mol. The molecule has 3 aliphatic rings. The van der Waals surface area contributed by atoms with E-state index in [4.69, 9.17) is 11.6 Å². The maximum Gasteiger partial charge on any atom is 0.313 e. The van der Waals surface area contributed by atoms with E-state index in [1.54, 1.807) is 4.90 Å².